The number of carbonyl (C=O) groups excluding carboxylic acids is 1. The van der Waals surface area contributed by atoms with E-state index >= 15 is 0 Å². The lowest BCUT2D eigenvalue weighted by molar-refractivity contribution is 0.0566. The lowest BCUT2D eigenvalue weighted by Crippen LogP contribution is -2.35. The third-order valence-corrected chi connectivity index (χ3v) is 4.19. The van der Waals surface area contributed by atoms with Gasteiger partial charge in [-0.1, -0.05) is 12.1 Å². The minimum atomic E-state index is -0.209. The number of nitrogens with zero attached hydrogens (tertiary/aromatic N) is 1. The molecule has 2 rings (SSSR count). The summed E-state index contributed by atoms with van der Waals surface area (Å²) in [6.07, 6.45) is 4.21. The van der Waals surface area contributed by atoms with Crippen LogP contribution in [0.1, 0.15) is 51.1 Å². The minimum Gasteiger partial charge on any atom is -0.497 e. The molecule has 1 aliphatic carbocycles. The van der Waals surface area contributed by atoms with Gasteiger partial charge in [-0.3, -0.25) is 0 Å². The number of hydrogen-bond donors (Lipinski definition) is 0. The number of carbonyl (C=O) groups is 1. The van der Waals surface area contributed by atoms with E-state index in [0.717, 1.165) is 37.0 Å². The standard InChI is InChI=1S/C17H25NO3/c1-4-18(17(19)21-15-9-5-6-10-15)13(2)14-8-7-11-16(12-14)20-3/h7-8,11-13,15H,4-6,9-10H2,1-3H3. The Kier molecular flexibility index (Phi) is 5.48. The Labute approximate surface area is 127 Å². The van der Waals surface area contributed by atoms with Gasteiger partial charge in [0.25, 0.3) is 0 Å². The Balaban J connectivity index is 2.05. The van der Waals surface area contributed by atoms with Crippen molar-refractivity contribution < 1.29 is 14.3 Å². The van der Waals surface area contributed by atoms with E-state index in [2.05, 4.69) is 0 Å². The lowest BCUT2D eigenvalue weighted by atomic mass is 10.1. The molecule has 116 valence electrons. The molecule has 4 heteroatoms. The Morgan fingerprint density at radius 3 is 2.71 bits per heavy atom. The van der Waals surface area contributed by atoms with Gasteiger partial charge >= 0.3 is 6.09 Å². The Morgan fingerprint density at radius 2 is 2.10 bits per heavy atom. The summed E-state index contributed by atoms with van der Waals surface area (Å²) >= 11 is 0. The molecule has 0 heterocycles. The molecule has 0 saturated heterocycles. The first-order valence-corrected chi connectivity index (χ1v) is 7.77. The molecule has 0 bridgehead atoms. The average Bonchev–Trinajstić information content (AvgIpc) is 3.00. The zero-order valence-corrected chi connectivity index (χ0v) is 13.2. The van der Waals surface area contributed by atoms with Crippen molar-refractivity contribution in [2.45, 2.75) is 51.7 Å². The molecular formula is C17H25NO3. The van der Waals surface area contributed by atoms with Gasteiger partial charge in [-0.2, -0.15) is 0 Å². The van der Waals surface area contributed by atoms with Gasteiger partial charge in [0.1, 0.15) is 11.9 Å². The monoisotopic (exact) mass is 291 g/mol. The van der Waals surface area contributed by atoms with Crippen molar-refractivity contribution in [3.63, 3.8) is 0 Å². The van der Waals surface area contributed by atoms with Gasteiger partial charge in [0.15, 0.2) is 0 Å². The Bertz CT molecular complexity index is 469. The molecule has 1 fully saturated rings. The lowest BCUT2D eigenvalue weighted by Gasteiger charge is -2.29. The summed E-state index contributed by atoms with van der Waals surface area (Å²) in [6.45, 7) is 4.63. The molecule has 21 heavy (non-hydrogen) atoms. The molecule has 1 aliphatic rings. The predicted octanol–water partition coefficient (Wildman–Crippen LogP) is 4.16. The summed E-state index contributed by atoms with van der Waals surface area (Å²) in [4.78, 5) is 14.1. The third-order valence-electron chi connectivity index (χ3n) is 4.19. The zero-order valence-electron chi connectivity index (χ0n) is 13.2. The van der Waals surface area contributed by atoms with Gasteiger partial charge in [0.2, 0.25) is 0 Å². The van der Waals surface area contributed by atoms with Crippen LogP contribution >= 0.6 is 0 Å². The van der Waals surface area contributed by atoms with Gasteiger partial charge in [-0.25, -0.2) is 4.79 Å². The largest absolute Gasteiger partial charge is 0.497 e. The highest BCUT2D eigenvalue weighted by molar-refractivity contribution is 5.68. The molecule has 1 amide bonds. The number of rotatable bonds is 5. The van der Waals surface area contributed by atoms with E-state index in [1.165, 1.54) is 0 Å². The second kappa shape index (κ2) is 7.34. The maximum atomic E-state index is 12.4. The van der Waals surface area contributed by atoms with Crippen molar-refractivity contribution in [2.24, 2.45) is 0 Å². The van der Waals surface area contributed by atoms with Crippen molar-refractivity contribution in [3.8, 4) is 5.75 Å². The van der Waals surface area contributed by atoms with Crippen molar-refractivity contribution >= 4 is 6.09 Å². The number of methoxy groups -OCH3 is 1. The quantitative estimate of drug-likeness (QED) is 0.817. The summed E-state index contributed by atoms with van der Waals surface area (Å²) in [6, 6.07) is 7.80. The first-order chi connectivity index (χ1) is 10.2. The molecule has 0 aromatic heterocycles. The normalized spacial score (nSPS) is 16.5. The van der Waals surface area contributed by atoms with E-state index in [-0.39, 0.29) is 18.2 Å². The fraction of sp³-hybridized carbons (Fsp3) is 0.588. The molecule has 1 aromatic carbocycles. The van der Waals surface area contributed by atoms with Crippen molar-refractivity contribution in [1.82, 2.24) is 4.90 Å². The number of hydrogen-bond acceptors (Lipinski definition) is 3. The molecule has 1 saturated carbocycles. The fourth-order valence-corrected chi connectivity index (χ4v) is 2.86. The van der Waals surface area contributed by atoms with Crippen LogP contribution in [0.2, 0.25) is 0 Å². The molecule has 1 unspecified atom stereocenters. The van der Waals surface area contributed by atoms with E-state index < -0.39 is 0 Å². The fourth-order valence-electron chi connectivity index (χ4n) is 2.86. The van der Waals surface area contributed by atoms with Crippen molar-refractivity contribution in [3.05, 3.63) is 29.8 Å². The van der Waals surface area contributed by atoms with Gasteiger partial charge < -0.3 is 14.4 Å². The van der Waals surface area contributed by atoms with E-state index in [9.17, 15) is 4.79 Å². The molecule has 0 spiro atoms. The van der Waals surface area contributed by atoms with Crippen LogP contribution in [0, 0.1) is 0 Å². The van der Waals surface area contributed by atoms with Crippen LogP contribution in [-0.2, 0) is 4.74 Å². The maximum absolute atomic E-state index is 12.4. The number of amides is 1. The van der Waals surface area contributed by atoms with Crippen LogP contribution in [-0.4, -0.2) is 30.8 Å². The summed E-state index contributed by atoms with van der Waals surface area (Å²) in [5.41, 5.74) is 1.06. The Morgan fingerprint density at radius 1 is 1.38 bits per heavy atom. The molecular weight excluding hydrogens is 266 g/mol. The highest BCUT2D eigenvalue weighted by Crippen LogP contribution is 2.26. The topological polar surface area (TPSA) is 38.8 Å². The van der Waals surface area contributed by atoms with Crippen LogP contribution in [0.5, 0.6) is 5.75 Å². The van der Waals surface area contributed by atoms with Crippen LogP contribution in [0.3, 0.4) is 0 Å². The van der Waals surface area contributed by atoms with Gasteiger partial charge in [0, 0.05) is 6.54 Å². The summed E-state index contributed by atoms with van der Waals surface area (Å²) in [5, 5.41) is 0. The summed E-state index contributed by atoms with van der Waals surface area (Å²) < 4.78 is 10.9. The van der Waals surface area contributed by atoms with Crippen LogP contribution in [0.4, 0.5) is 4.79 Å². The highest BCUT2D eigenvalue weighted by Gasteiger charge is 2.26. The van der Waals surface area contributed by atoms with Crippen LogP contribution in [0.25, 0.3) is 0 Å². The maximum Gasteiger partial charge on any atom is 0.410 e. The second-order valence-corrected chi connectivity index (χ2v) is 5.53. The van der Waals surface area contributed by atoms with Crippen molar-refractivity contribution in [2.75, 3.05) is 13.7 Å². The highest BCUT2D eigenvalue weighted by atomic mass is 16.6. The zero-order chi connectivity index (χ0) is 15.2. The SMILES string of the molecule is CCN(C(=O)OC1CCCC1)C(C)c1cccc(OC)c1. The predicted molar refractivity (Wildman–Crippen MR) is 82.5 cm³/mol. The molecule has 0 N–H and O–H groups in total. The molecule has 4 nitrogen and oxygen atoms in total. The summed E-state index contributed by atoms with van der Waals surface area (Å²) in [7, 11) is 1.65. The second-order valence-electron chi connectivity index (χ2n) is 5.53. The minimum absolute atomic E-state index is 0.0287. The van der Waals surface area contributed by atoms with Crippen LogP contribution in [0.15, 0.2) is 24.3 Å². The van der Waals surface area contributed by atoms with E-state index in [0.29, 0.717) is 6.54 Å². The molecule has 0 radical (unpaired) electrons. The summed E-state index contributed by atoms with van der Waals surface area (Å²) in [5.74, 6) is 0.805. The number of benzene rings is 1. The molecule has 0 aliphatic heterocycles. The Hall–Kier alpha value is -1.71. The first-order valence-electron chi connectivity index (χ1n) is 7.77. The van der Waals surface area contributed by atoms with E-state index in [1.807, 2.05) is 38.1 Å². The molecule has 1 aromatic rings. The first kappa shape index (κ1) is 15.7. The van der Waals surface area contributed by atoms with Crippen LogP contribution < -0.4 is 4.74 Å². The molecule has 1 atom stereocenters. The van der Waals surface area contributed by atoms with Gasteiger partial charge in [-0.05, 0) is 57.2 Å². The average molecular weight is 291 g/mol. The smallest absolute Gasteiger partial charge is 0.410 e. The van der Waals surface area contributed by atoms with Gasteiger partial charge in [-0.15, -0.1) is 0 Å². The van der Waals surface area contributed by atoms with E-state index in [1.54, 1.807) is 12.0 Å². The third kappa shape index (κ3) is 3.90. The number of ether oxygens (including phenoxy) is 2. The van der Waals surface area contributed by atoms with E-state index in [4.69, 9.17) is 9.47 Å². The van der Waals surface area contributed by atoms with Crippen molar-refractivity contribution in [1.29, 1.82) is 0 Å². The van der Waals surface area contributed by atoms with Gasteiger partial charge in [0.05, 0.1) is 13.2 Å².